The number of carbonyl (C=O) groups excluding carboxylic acids is 3. The summed E-state index contributed by atoms with van der Waals surface area (Å²) in [5, 5.41) is 8.81. The van der Waals surface area contributed by atoms with Gasteiger partial charge in [-0.3, -0.25) is 19.0 Å². The lowest BCUT2D eigenvalue weighted by Gasteiger charge is -2.34. The molecule has 4 heterocycles. The first-order valence-electron chi connectivity index (χ1n) is 10.4. The van der Waals surface area contributed by atoms with Crippen molar-refractivity contribution in [3.05, 3.63) is 42.6 Å². The van der Waals surface area contributed by atoms with Crippen LogP contribution in [0.25, 0.3) is 11.6 Å². The molecule has 0 unspecified atom stereocenters. The minimum atomic E-state index is -0.523. The van der Waals surface area contributed by atoms with E-state index in [2.05, 4.69) is 10.2 Å². The first-order valence-corrected chi connectivity index (χ1v) is 11.4. The van der Waals surface area contributed by atoms with Gasteiger partial charge in [0.15, 0.2) is 29.1 Å². The molecule has 0 bridgehead atoms. The van der Waals surface area contributed by atoms with Crippen molar-refractivity contribution in [2.45, 2.75) is 18.6 Å². The minimum Gasteiger partial charge on any atom is -0.461 e. The number of thioether (sulfide) groups is 1. The average Bonchev–Trinajstić information content (AvgIpc) is 3.62. The predicted octanol–water partition coefficient (Wildman–Crippen LogP) is 1.77. The number of hydrogen-bond acceptors (Lipinski definition) is 9. The first-order chi connectivity index (χ1) is 16.1. The molecule has 0 atom stereocenters. The van der Waals surface area contributed by atoms with E-state index in [-0.39, 0.29) is 29.9 Å². The van der Waals surface area contributed by atoms with E-state index in [0.717, 1.165) is 0 Å². The molecule has 1 aliphatic heterocycles. The molecule has 0 saturated carbocycles. The number of piperazine rings is 1. The van der Waals surface area contributed by atoms with Crippen LogP contribution >= 0.6 is 11.8 Å². The number of amides is 2. The Morgan fingerprint density at radius 2 is 1.76 bits per heavy atom. The summed E-state index contributed by atoms with van der Waals surface area (Å²) >= 11 is 1.18. The Hall–Kier alpha value is -3.54. The molecular formula is C21H23N5O6S. The third kappa shape index (κ3) is 5.28. The fourth-order valence-corrected chi connectivity index (χ4v) is 4.18. The van der Waals surface area contributed by atoms with Crippen molar-refractivity contribution in [2.75, 3.05) is 38.5 Å². The zero-order chi connectivity index (χ0) is 23.2. The Labute approximate surface area is 193 Å². The first kappa shape index (κ1) is 22.6. The molecule has 1 saturated heterocycles. The van der Waals surface area contributed by atoms with E-state index in [1.54, 1.807) is 40.3 Å². The summed E-state index contributed by atoms with van der Waals surface area (Å²) in [7, 11) is 0. The fourth-order valence-electron chi connectivity index (χ4n) is 3.38. The molecule has 12 heteroatoms. The highest BCUT2D eigenvalue weighted by atomic mass is 32.2. The van der Waals surface area contributed by atoms with Crippen LogP contribution in [0.5, 0.6) is 0 Å². The Bertz CT molecular complexity index is 1090. The van der Waals surface area contributed by atoms with Crippen LogP contribution in [0.15, 0.2) is 50.8 Å². The van der Waals surface area contributed by atoms with Crippen LogP contribution in [0.4, 0.5) is 0 Å². The smallest absolute Gasteiger partial charge is 0.316 e. The molecule has 1 aliphatic rings. The number of hydrogen-bond donors (Lipinski definition) is 0. The van der Waals surface area contributed by atoms with Gasteiger partial charge < -0.3 is 23.4 Å². The summed E-state index contributed by atoms with van der Waals surface area (Å²) < 4.78 is 17.5. The minimum absolute atomic E-state index is 0.00497. The lowest BCUT2D eigenvalue weighted by atomic mass is 10.3. The van der Waals surface area contributed by atoms with Crippen LogP contribution in [-0.2, 0) is 20.9 Å². The van der Waals surface area contributed by atoms with Gasteiger partial charge in [-0.2, -0.15) is 0 Å². The lowest BCUT2D eigenvalue weighted by Crippen LogP contribution is -2.51. The number of aromatic nitrogens is 3. The molecule has 0 N–H and O–H groups in total. The molecule has 0 aromatic carbocycles. The Morgan fingerprint density at radius 1 is 1.03 bits per heavy atom. The van der Waals surface area contributed by atoms with Gasteiger partial charge in [-0.1, -0.05) is 11.8 Å². The van der Waals surface area contributed by atoms with Gasteiger partial charge in [0.1, 0.15) is 0 Å². The van der Waals surface area contributed by atoms with Crippen LogP contribution in [0.1, 0.15) is 17.5 Å². The quantitative estimate of drug-likeness (QED) is 0.356. The van der Waals surface area contributed by atoms with E-state index in [0.29, 0.717) is 49.5 Å². The number of esters is 1. The molecular weight excluding hydrogens is 450 g/mol. The van der Waals surface area contributed by atoms with Gasteiger partial charge >= 0.3 is 5.97 Å². The molecule has 174 valence electrons. The van der Waals surface area contributed by atoms with Crippen LogP contribution in [0.3, 0.4) is 0 Å². The molecule has 1 fully saturated rings. The van der Waals surface area contributed by atoms with Crippen molar-refractivity contribution in [3.63, 3.8) is 0 Å². The predicted molar refractivity (Wildman–Crippen MR) is 116 cm³/mol. The normalized spacial score (nSPS) is 13.8. The summed E-state index contributed by atoms with van der Waals surface area (Å²) in [5.74, 6) is 0.422. The molecule has 0 aliphatic carbocycles. The van der Waals surface area contributed by atoms with Crippen LogP contribution in [-0.4, -0.2) is 80.9 Å². The van der Waals surface area contributed by atoms with Gasteiger partial charge in [0.25, 0.3) is 11.8 Å². The number of carbonyl (C=O) groups is 3. The number of nitrogens with zero attached hydrogens (tertiary/aromatic N) is 5. The molecule has 0 spiro atoms. The second-order valence-corrected chi connectivity index (χ2v) is 8.07. The molecule has 11 nitrogen and oxygen atoms in total. The van der Waals surface area contributed by atoms with Crippen molar-refractivity contribution >= 4 is 29.5 Å². The van der Waals surface area contributed by atoms with Crippen molar-refractivity contribution in [1.29, 1.82) is 0 Å². The van der Waals surface area contributed by atoms with E-state index in [1.807, 2.05) is 11.5 Å². The summed E-state index contributed by atoms with van der Waals surface area (Å²) in [6, 6.07) is 6.82. The van der Waals surface area contributed by atoms with Crippen LogP contribution < -0.4 is 0 Å². The maximum atomic E-state index is 12.4. The van der Waals surface area contributed by atoms with Gasteiger partial charge in [0, 0.05) is 32.7 Å². The van der Waals surface area contributed by atoms with Crippen molar-refractivity contribution in [1.82, 2.24) is 24.6 Å². The third-order valence-corrected chi connectivity index (χ3v) is 6.04. The Kier molecular flexibility index (Phi) is 7.13. The lowest BCUT2D eigenvalue weighted by molar-refractivity contribution is -0.150. The third-order valence-electron chi connectivity index (χ3n) is 5.10. The van der Waals surface area contributed by atoms with Crippen molar-refractivity contribution < 1.29 is 28.0 Å². The largest absolute Gasteiger partial charge is 0.461 e. The second-order valence-electron chi connectivity index (χ2n) is 7.13. The highest BCUT2D eigenvalue weighted by molar-refractivity contribution is 7.99. The van der Waals surface area contributed by atoms with Gasteiger partial charge in [-0.25, -0.2) is 0 Å². The van der Waals surface area contributed by atoms with E-state index < -0.39 is 5.97 Å². The summed E-state index contributed by atoms with van der Waals surface area (Å²) in [6.45, 7) is 3.72. The number of rotatable bonds is 8. The van der Waals surface area contributed by atoms with Crippen molar-refractivity contribution in [3.8, 4) is 11.6 Å². The molecule has 33 heavy (non-hydrogen) atoms. The molecule has 2 amide bonds. The summed E-state index contributed by atoms with van der Waals surface area (Å²) in [5.41, 5.74) is 0. The highest BCUT2D eigenvalue weighted by Crippen LogP contribution is 2.24. The van der Waals surface area contributed by atoms with E-state index in [9.17, 15) is 14.4 Å². The standard InChI is InChI=1S/C21H23N5O6S/c1-2-26-19(15-5-3-11-30-15)22-23-21(26)33-14-18(28)32-13-17(27)24-7-9-25(10-8-24)20(29)16-6-4-12-31-16/h3-6,11-12H,2,7-10,13-14H2,1H3. The van der Waals surface area contributed by atoms with E-state index in [1.165, 1.54) is 18.0 Å². The molecule has 0 radical (unpaired) electrons. The topological polar surface area (TPSA) is 124 Å². The highest BCUT2D eigenvalue weighted by Gasteiger charge is 2.26. The van der Waals surface area contributed by atoms with Crippen LogP contribution in [0, 0.1) is 0 Å². The van der Waals surface area contributed by atoms with Crippen molar-refractivity contribution in [2.24, 2.45) is 0 Å². The van der Waals surface area contributed by atoms with Gasteiger partial charge in [-0.05, 0) is 31.2 Å². The maximum Gasteiger partial charge on any atom is 0.316 e. The second kappa shape index (κ2) is 10.4. The summed E-state index contributed by atoms with van der Waals surface area (Å²) in [6.07, 6.45) is 3.01. The zero-order valence-corrected chi connectivity index (χ0v) is 18.8. The molecule has 3 aromatic rings. The number of ether oxygens (including phenoxy) is 1. The number of furan rings is 2. The van der Waals surface area contributed by atoms with E-state index in [4.69, 9.17) is 13.6 Å². The van der Waals surface area contributed by atoms with E-state index >= 15 is 0 Å². The zero-order valence-electron chi connectivity index (χ0n) is 18.0. The molecule has 3 aromatic heterocycles. The fraction of sp³-hybridized carbons (Fsp3) is 0.381. The Morgan fingerprint density at radius 3 is 2.42 bits per heavy atom. The summed E-state index contributed by atoms with van der Waals surface area (Å²) in [4.78, 5) is 40.1. The van der Waals surface area contributed by atoms with Gasteiger partial charge in [-0.15, -0.1) is 10.2 Å². The molecule has 4 rings (SSSR count). The average molecular weight is 474 g/mol. The van der Waals surface area contributed by atoms with Gasteiger partial charge in [0.2, 0.25) is 0 Å². The van der Waals surface area contributed by atoms with Gasteiger partial charge in [0.05, 0.1) is 18.3 Å². The maximum absolute atomic E-state index is 12.4. The Balaban J connectivity index is 1.21. The monoisotopic (exact) mass is 473 g/mol. The SMILES string of the molecule is CCn1c(SCC(=O)OCC(=O)N2CCN(C(=O)c3ccco3)CC2)nnc1-c1ccco1. The van der Waals surface area contributed by atoms with Crippen LogP contribution in [0.2, 0.25) is 0 Å².